The van der Waals surface area contributed by atoms with Crippen LogP contribution in [0.15, 0.2) is 42.5 Å². The monoisotopic (exact) mass is 414 g/mol. The maximum Gasteiger partial charge on any atom is 0.273 e. The lowest BCUT2D eigenvalue weighted by atomic mass is 10.0. The number of hydrogen-bond donors (Lipinski definition) is 1. The topological polar surface area (TPSA) is 94.3 Å². The first kappa shape index (κ1) is 20.4. The smallest absolute Gasteiger partial charge is 0.273 e. The molecule has 4 rings (SSSR count). The molecule has 0 spiro atoms. The highest BCUT2D eigenvalue weighted by Crippen LogP contribution is 2.37. The summed E-state index contributed by atoms with van der Waals surface area (Å²) in [7, 11) is 0. The van der Waals surface area contributed by atoms with E-state index in [2.05, 4.69) is 17.0 Å². The highest BCUT2D eigenvalue weighted by Gasteiger charge is 2.28. The molecule has 30 heavy (non-hydrogen) atoms. The van der Waals surface area contributed by atoms with Gasteiger partial charge in [-0.15, -0.1) is 0 Å². The van der Waals surface area contributed by atoms with Gasteiger partial charge in [0.25, 0.3) is 5.69 Å². The van der Waals surface area contributed by atoms with E-state index in [4.69, 9.17) is 14.2 Å². The average Bonchev–Trinajstić information content (AvgIpc) is 3.07. The number of nitro groups is 1. The zero-order valence-corrected chi connectivity index (χ0v) is 16.7. The van der Waals surface area contributed by atoms with Gasteiger partial charge in [-0.05, 0) is 43.1 Å². The number of aliphatic hydroxyl groups is 1. The number of β-amino-alcohol motifs (C(OH)–C–C–N with tert-alkyl or cyclic N) is 1. The van der Waals surface area contributed by atoms with Crippen LogP contribution in [0.2, 0.25) is 0 Å². The molecular formula is C22H26N2O6. The molecule has 2 aromatic carbocycles. The summed E-state index contributed by atoms with van der Waals surface area (Å²) < 4.78 is 17.1. The number of nitrogens with zero attached hydrogens (tertiary/aromatic N) is 2. The van der Waals surface area contributed by atoms with Crippen molar-refractivity contribution in [3.05, 3.63) is 58.1 Å². The average molecular weight is 414 g/mol. The fraction of sp³-hybridized carbons (Fsp3) is 0.455. The number of fused-ring (bicyclic) bond motifs is 1. The molecule has 1 fully saturated rings. The Kier molecular flexibility index (Phi) is 6.35. The van der Waals surface area contributed by atoms with Gasteiger partial charge < -0.3 is 19.3 Å². The van der Waals surface area contributed by atoms with E-state index in [1.165, 1.54) is 12.1 Å². The van der Waals surface area contributed by atoms with E-state index < -0.39 is 11.0 Å². The summed E-state index contributed by atoms with van der Waals surface area (Å²) in [5.74, 6) is 1.95. The Hall–Kier alpha value is -2.84. The molecule has 0 aromatic heterocycles. The fourth-order valence-electron chi connectivity index (χ4n) is 4.01. The van der Waals surface area contributed by atoms with Gasteiger partial charge in [0.1, 0.15) is 18.5 Å². The van der Waals surface area contributed by atoms with Crippen molar-refractivity contribution in [3.8, 4) is 17.2 Å². The van der Waals surface area contributed by atoms with Gasteiger partial charge in [0.15, 0.2) is 11.5 Å². The van der Waals surface area contributed by atoms with Crippen molar-refractivity contribution in [3.63, 3.8) is 0 Å². The van der Waals surface area contributed by atoms with E-state index >= 15 is 0 Å². The first-order chi connectivity index (χ1) is 14.6. The predicted molar refractivity (Wildman–Crippen MR) is 110 cm³/mol. The van der Waals surface area contributed by atoms with Crippen molar-refractivity contribution < 1.29 is 24.2 Å². The Morgan fingerprint density at radius 2 is 2.00 bits per heavy atom. The van der Waals surface area contributed by atoms with Crippen molar-refractivity contribution in [2.45, 2.75) is 31.4 Å². The summed E-state index contributed by atoms with van der Waals surface area (Å²) in [6.07, 6.45) is 2.23. The molecule has 2 aromatic rings. The molecule has 160 valence electrons. The highest BCUT2D eigenvalue weighted by atomic mass is 16.6. The second kappa shape index (κ2) is 9.32. The van der Waals surface area contributed by atoms with Crippen LogP contribution in [0, 0.1) is 10.1 Å². The summed E-state index contributed by atoms with van der Waals surface area (Å²) in [5.41, 5.74) is 1.12. The molecule has 0 unspecified atom stereocenters. The van der Waals surface area contributed by atoms with Crippen LogP contribution < -0.4 is 14.2 Å². The van der Waals surface area contributed by atoms with Crippen LogP contribution in [0.3, 0.4) is 0 Å². The summed E-state index contributed by atoms with van der Waals surface area (Å²) in [6, 6.07) is 12.3. The van der Waals surface area contributed by atoms with E-state index in [1.54, 1.807) is 12.1 Å². The third-order valence-corrected chi connectivity index (χ3v) is 5.44. The Balaban J connectivity index is 1.36. The molecule has 0 amide bonds. The van der Waals surface area contributed by atoms with Gasteiger partial charge in [0.05, 0.1) is 24.2 Å². The van der Waals surface area contributed by atoms with E-state index in [0.29, 0.717) is 25.5 Å². The molecule has 2 aliphatic heterocycles. The van der Waals surface area contributed by atoms with Gasteiger partial charge in [-0.25, -0.2) is 0 Å². The number of ether oxygens (including phenoxy) is 3. The lowest BCUT2D eigenvalue weighted by Gasteiger charge is -2.27. The molecule has 0 saturated carbocycles. The van der Waals surface area contributed by atoms with Gasteiger partial charge in [-0.3, -0.25) is 15.0 Å². The van der Waals surface area contributed by atoms with Crippen molar-refractivity contribution in [2.75, 3.05) is 32.9 Å². The first-order valence-electron chi connectivity index (χ1n) is 10.3. The van der Waals surface area contributed by atoms with Gasteiger partial charge in [-0.2, -0.15) is 0 Å². The molecule has 1 saturated heterocycles. The predicted octanol–water partition coefficient (Wildman–Crippen LogP) is 3.33. The fourth-order valence-corrected chi connectivity index (χ4v) is 4.01. The summed E-state index contributed by atoms with van der Waals surface area (Å²) >= 11 is 0. The number of non-ortho nitro benzene ring substituents is 1. The molecular weight excluding hydrogens is 388 g/mol. The Labute approximate surface area is 175 Å². The summed E-state index contributed by atoms with van der Waals surface area (Å²) in [4.78, 5) is 12.7. The molecule has 8 heteroatoms. The molecule has 0 bridgehead atoms. The largest absolute Gasteiger partial charge is 0.491 e. The molecule has 2 aliphatic rings. The number of nitro benzene ring substituents is 1. The minimum absolute atomic E-state index is 0.0315. The molecule has 2 heterocycles. The van der Waals surface area contributed by atoms with Crippen LogP contribution in [-0.4, -0.2) is 53.9 Å². The van der Waals surface area contributed by atoms with Gasteiger partial charge in [0, 0.05) is 25.1 Å². The third-order valence-electron chi connectivity index (χ3n) is 5.44. The summed E-state index contributed by atoms with van der Waals surface area (Å²) in [6.45, 7) is 2.75. The molecule has 0 aliphatic carbocycles. The lowest BCUT2D eigenvalue weighted by Crippen LogP contribution is -2.35. The lowest BCUT2D eigenvalue weighted by molar-refractivity contribution is -0.384. The normalized spacial score (nSPS) is 19.8. The molecule has 8 nitrogen and oxygen atoms in total. The van der Waals surface area contributed by atoms with E-state index in [9.17, 15) is 15.2 Å². The van der Waals surface area contributed by atoms with Crippen molar-refractivity contribution in [2.24, 2.45) is 0 Å². The second-order valence-electron chi connectivity index (χ2n) is 7.63. The van der Waals surface area contributed by atoms with Crippen LogP contribution in [-0.2, 0) is 0 Å². The number of hydrogen-bond acceptors (Lipinski definition) is 7. The van der Waals surface area contributed by atoms with Gasteiger partial charge in [-0.1, -0.05) is 12.1 Å². The zero-order chi connectivity index (χ0) is 20.9. The van der Waals surface area contributed by atoms with Crippen LogP contribution >= 0.6 is 0 Å². The van der Waals surface area contributed by atoms with Crippen LogP contribution in [0.5, 0.6) is 17.2 Å². The van der Waals surface area contributed by atoms with Crippen molar-refractivity contribution >= 4 is 5.69 Å². The van der Waals surface area contributed by atoms with Crippen LogP contribution in [0.25, 0.3) is 0 Å². The summed E-state index contributed by atoms with van der Waals surface area (Å²) in [5, 5.41) is 21.4. The maximum atomic E-state index is 10.9. The quantitative estimate of drug-likeness (QED) is 0.548. The SMILES string of the molecule is O=[N+]([O-])c1cccc(OC[C@@H](O)CN2CCC[C@@H]2c2ccc3c(c2)OCCCO3)c1. The van der Waals surface area contributed by atoms with Crippen molar-refractivity contribution in [1.29, 1.82) is 0 Å². The van der Waals surface area contributed by atoms with Gasteiger partial charge in [0.2, 0.25) is 0 Å². The minimum Gasteiger partial charge on any atom is -0.491 e. The number of likely N-dealkylation sites (tertiary alicyclic amines) is 1. The molecule has 0 radical (unpaired) electrons. The molecule has 1 N–H and O–H groups in total. The Bertz CT molecular complexity index is 890. The number of rotatable bonds is 7. The van der Waals surface area contributed by atoms with Crippen LogP contribution in [0.4, 0.5) is 5.69 Å². The number of aliphatic hydroxyl groups excluding tert-OH is 1. The van der Waals surface area contributed by atoms with E-state index in [1.807, 2.05) is 6.07 Å². The second-order valence-corrected chi connectivity index (χ2v) is 7.63. The highest BCUT2D eigenvalue weighted by molar-refractivity contribution is 5.44. The standard InChI is InChI=1S/C22H26N2O6/c25-18(15-30-19-5-1-4-17(13-19)24(26)27)14-23-9-2-6-20(23)16-7-8-21-22(12-16)29-11-3-10-28-21/h1,4-5,7-8,12-13,18,20,25H,2-3,6,9-11,14-15H2/t18-,20+/m0/s1. The third kappa shape index (κ3) is 4.83. The Morgan fingerprint density at radius 3 is 2.83 bits per heavy atom. The Morgan fingerprint density at radius 1 is 1.17 bits per heavy atom. The first-order valence-corrected chi connectivity index (χ1v) is 10.3. The minimum atomic E-state index is -0.703. The van der Waals surface area contributed by atoms with E-state index in [0.717, 1.165) is 42.9 Å². The van der Waals surface area contributed by atoms with Gasteiger partial charge >= 0.3 is 0 Å². The van der Waals surface area contributed by atoms with E-state index in [-0.39, 0.29) is 18.3 Å². The zero-order valence-electron chi connectivity index (χ0n) is 16.7. The maximum absolute atomic E-state index is 10.9. The van der Waals surface area contributed by atoms with Crippen LogP contribution in [0.1, 0.15) is 30.9 Å². The number of benzene rings is 2. The van der Waals surface area contributed by atoms with Crippen molar-refractivity contribution in [1.82, 2.24) is 4.90 Å². The molecule has 2 atom stereocenters.